The fourth-order valence-corrected chi connectivity index (χ4v) is 4.10. The summed E-state index contributed by atoms with van der Waals surface area (Å²) in [6.07, 6.45) is -3.76. The minimum Gasteiger partial charge on any atom is -0.508 e. The molecule has 7 nitrogen and oxygen atoms in total. The maximum Gasteiger partial charge on any atom is 0.573 e. The Morgan fingerprint density at radius 2 is 1.87 bits per heavy atom. The van der Waals surface area contributed by atoms with Gasteiger partial charge >= 0.3 is 6.36 Å². The number of anilines is 1. The van der Waals surface area contributed by atoms with Gasteiger partial charge < -0.3 is 15.2 Å². The Morgan fingerprint density at radius 1 is 1.19 bits per heavy atom. The quantitative estimate of drug-likeness (QED) is 0.521. The van der Waals surface area contributed by atoms with Gasteiger partial charge in [0.05, 0.1) is 11.4 Å². The molecule has 12 heteroatoms. The van der Waals surface area contributed by atoms with E-state index in [1.807, 2.05) is 0 Å². The molecule has 0 aliphatic heterocycles. The number of alkyl halides is 3. The molecule has 0 saturated carbocycles. The predicted octanol–water partition coefficient (Wildman–Crippen LogP) is 4.21. The molecule has 164 valence electrons. The van der Waals surface area contributed by atoms with Crippen molar-refractivity contribution in [2.45, 2.75) is 12.1 Å². The van der Waals surface area contributed by atoms with Gasteiger partial charge in [-0.05, 0) is 42.5 Å². The molecule has 3 rings (SSSR count). The molecule has 3 aromatic rings. The lowest BCUT2D eigenvalue weighted by molar-refractivity contribution is -0.274. The first-order valence-electron chi connectivity index (χ1n) is 8.52. The Kier molecular flexibility index (Phi) is 6.23. The van der Waals surface area contributed by atoms with Crippen LogP contribution in [0.25, 0.3) is 11.3 Å². The molecule has 0 atom stereocenters. The van der Waals surface area contributed by atoms with Gasteiger partial charge in [-0.1, -0.05) is 0 Å². The summed E-state index contributed by atoms with van der Waals surface area (Å²) < 4.78 is 63.5. The number of halogens is 3. The highest BCUT2D eigenvalue weighted by Gasteiger charge is 2.31. The highest BCUT2D eigenvalue weighted by atomic mass is 32.2. The number of nitrogens with one attached hydrogen (secondary N) is 1. The summed E-state index contributed by atoms with van der Waals surface area (Å²) >= 11 is 1.02. The fraction of sp³-hybridized carbons (Fsp3) is 0.158. The Balaban J connectivity index is 1.73. The van der Waals surface area contributed by atoms with Crippen LogP contribution in [0.3, 0.4) is 0 Å². The van der Waals surface area contributed by atoms with Crippen LogP contribution in [0.1, 0.15) is 15.4 Å². The molecule has 0 fully saturated rings. The first-order valence-corrected chi connectivity index (χ1v) is 11.5. The lowest BCUT2D eigenvalue weighted by Gasteiger charge is -2.08. The van der Waals surface area contributed by atoms with Crippen LogP contribution in [-0.4, -0.2) is 37.0 Å². The van der Waals surface area contributed by atoms with Gasteiger partial charge in [0.15, 0.2) is 14.8 Å². The Morgan fingerprint density at radius 3 is 2.48 bits per heavy atom. The summed E-state index contributed by atoms with van der Waals surface area (Å²) in [5.41, 5.74) is 1.29. The summed E-state index contributed by atoms with van der Waals surface area (Å²) in [5, 5.41) is 14.0. The van der Waals surface area contributed by atoms with Crippen LogP contribution in [0.5, 0.6) is 11.5 Å². The van der Waals surface area contributed by atoms with E-state index in [4.69, 9.17) is 0 Å². The van der Waals surface area contributed by atoms with Crippen molar-refractivity contribution < 1.29 is 36.2 Å². The van der Waals surface area contributed by atoms with Crippen LogP contribution in [0.4, 0.5) is 18.9 Å². The first kappa shape index (κ1) is 22.6. The van der Waals surface area contributed by atoms with E-state index in [0.29, 0.717) is 11.3 Å². The van der Waals surface area contributed by atoms with E-state index in [-0.39, 0.29) is 27.8 Å². The van der Waals surface area contributed by atoms with Crippen LogP contribution in [0.2, 0.25) is 0 Å². The molecular weight excluding hydrogens is 457 g/mol. The van der Waals surface area contributed by atoms with E-state index in [0.717, 1.165) is 29.7 Å². The third-order valence-electron chi connectivity index (χ3n) is 3.84. The number of thiazole rings is 1. The number of rotatable bonds is 6. The molecule has 2 N–H and O–H groups in total. The normalized spacial score (nSPS) is 11.9. The molecule has 0 bridgehead atoms. The van der Waals surface area contributed by atoms with E-state index >= 15 is 0 Å². The summed E-state index contributed by atoms with van der Waals surface area (Å²) in [4.78, 5) is 16.6. The number of aromatic nitrogens is 1. The fourth-order valence-electron chi connectivity index (χ4n) is 2.58. The molecule has 1 aromatic heterocycles. The molecule has 1 amide bonds. The summed E-state index contributed by atoms with van der Waals surface area (Å²) in [5.74, 6) is -1.54. The number of phenolic OH excluding ortho intramolecular Hbond substituents is 1. The number of carbonyl (C=O) groups excluding carboxylic acids is 1. The van der Waals surface area contributed by atoms with Gasteiger partial charge in [-0.15, -0.1) is 24.5 Å². The average molecular weight is 472 g/mol. The number of hydrogen-bond donors (Lipinski definition) is 2. The van der Waals surface area contributed by atoms with Crippen LogP contribution >= 0.6 is 11.3 Å². The summed E-state index contributed by atoms with van der Waals surface area (Å²) in [6, 6.07) is 9.08. The van der Waals surface area contributed by atoms with Crippen molar-refractivity contribution in [1.82, 2.24) is 4.98 Å². The van der Waals surface area contributed by atoms with Crippen LogP contribution in [0.15, 0.2) is 47.8 Å². The largest absolute Gasteiger partial charge is 0.573 e. The number of sulfone groups is 1. The molecule has 1 heterocycles. The molecule has 0 aliphatic rings. The van der Waals surface area contributed by atoms with Gasteiger partial charge in [0.1, 0.15) is 11.5 Å². The number of aromatic hydroxyl groups is 1. The number of phenols is 1. The van der Waals surface area contributed by atoms with Crippen molar-refractivity contribution in [1.29, 1.82) is 0 Å². The second-order valence-corrected chi connectivity index (χ2v) is 9.48. The number of ether oxygens (including phenoxy) is 1. The summed E-state index contributed by atoms with van der Waals surface area (Å²) in [7, 11) is -3.39. The molecule has 0 aliphatic carbocycles. The van der Waals surface area contributed by atoms with Crippen molar-refractivity contribution >= 4 is 32.8 Å². The number of amides is 1. The van der Waals surface area contributed by atoms with Crippen LogP contribution in [0, 0.1) is 0 Å². The van der Waals surface area contributed by atoms with Crippen molar-refractivity contribution in [3.8, 4) is 22.8 Å². The molecular formula is C19H15F3N2O5S2. The Labute approximate surface area is 179 Å². The zero-order valence-electron chi connectivity index (χ0n) is 15.8. The number of carbonyl (C=O) groups is 1. The van der Waals surface area contributed by atoms with E-state index in [1.165, 1.54) is 30.3 Å². The lowest BCUT2D eigenvalue weighted by Crippen LogP contribution is -2.16. The van der Waals surface area contributed by atoms with Gasteiger partial charge in [0.25, 0.3) is 5.91 Å². The van der Waals surface area contributed by atoms with Gasteiger partial charge in [-0.25, -0.2) is 13.4 Å². The SMILES string of the molecule is CS(=O)(=O)Cc1cc(NC(=O)c2nc(-c3ccc(OC(F)(F)F)cc3)cs2)ccc1O. The van der Waals surface area contributed by atoms with Gasteiger partial charge in [-0.2, -0.15) is 0 Å². The summed E-state index contributed by atoms with van der Waals surface area (Å²) in [6.45, 7) is 0. The smallest absolute Gasteiger partial charge is 0.508 e. The monoisotopic (exact) mass is 472 g/mol. The van der Waals surface area contributed by atoms with Crippen molar-refractivity contribution in [2.24, 2.45) is 0 Å². The predicted molar refractivity (Wildman–Crippen MR) is 109 cm³/mol. The second-order valence-electron chi connectivity index (χ2n) is 6.48. The van der Waals surface area contributed by atoms with Crippen molar-refractivity contribution in [2.75, 3.05) is 11.6 Å². The van der Waals surface area contributed by atoms with Crippen LogP contribution in [-0.2, 0) is 15.6 Å². The highest BCUT2D eigenvalue weighted by Crippen LogP contribution is 2.28. The Bertz CT molecular complexity index is 1210. The maximum atomic E-state index is 12.5. The maximum absolute atomic E-state index is 12.5. The Hall–Kier alpha value is -3.12. The van der Waals surface area contributed by atoms with Crippen LogP contribution < -0.4 is 10.1 Å². The molecule has 0 unspecified atom stereocenters. The molecule has 31 heavy (non-hydrogen) atoms. The minimum absolute atomic E-state index is 0.0864. The lowest BCUT2D eigenvalue weighted by atomic mass is 10.2. The molecule has 0 spiro atoms. The topological polar surface area (TPSA) is 106 Å². The minimum atomic E-state index is -4.79. The number of benzene rings is 2. The average Bonchev–Trinajstić information content (AvgIpc) is 3.13. The van der Waals surface area contributed by atoms with Gasteiger partial charge in [0.2, 0.25) is 0 Å². The van der Waals surface area contributed by atoms with E-state index in [1.54, 1.807) is 5.38 Å². The number of hydrogen-bond acceptors (Lipinski definition) is 7. The third kappa shape index (κ3) is 6.43. The second kappa shape index (κ2) is 8.55. The van der Waals surface area contributed by atoms with E-state index in [2.05, 4.69) is 15.0 Å². The van der Waals surface area contributed by atoms with E-state index < -0.39 is 27.9 Å². The number of nitrogens with zero attached hydrogens (tertiary/aromatic N) is 1. The molecule has 0 saturated heterocycles. The van der Waals surface area contributed by atoms with E-state index in [9.17, 15) is 31.5 Å². The standard InChI is InChI=1S/C19H15F3N2O5S2/c1-31(27,28)10-12-8-13(4-7-16(12)25)23-17(26)18-24-15(9-30-18)11-2-5-14(6-3-11)29-19(20,21)22/h2-9,25H,10H2,1H3,(H,23,26). The van der Waals surface area contributed by atoms with Crippen molar-refractivity contribution in [3.05, 3.63) is 58.4 Å². The highest BCUT2D eigenvalue weighted by molar-refractivity contribution is 7.89. The molecule has 2 aromatic carbocycles. The third-order valence-corrected chi connectivity index (χ3v) is 5.51. The zero-order chi connectivity index (χ0) is 22.8. The van der Waals surface area contributed by atoms with Gasteiger partial charge in [0, 0.05) is 28.5 Å². The first-order chi connectivity index (χ1) is 14.4. The van der Waals surface area contributed by atoms with Crippen molar-refractivity contribution in [3.63, 3.8) is 0 Å². The molecule has 0 radical (unpaired) electrons. The zero-order valence-corrected chi connectivity index (χ0v) is 17.4. The van der Waals surface area contributed by atoms with Gasteiger partial charge in [-0.3, -0.25) is 4.79 Å².